The molecule has 2 aromatic carbocycles. The van der Waals surface area contributed by atoms with Crippen molar-refractivity contribution in [1.82, 2.24) is 4.90 Å². The second kappa shape index (κ2) is 8.92. The molecule has 6 heteroatoms. The van der Waals surface area contributed by atoms with Crippen LogP contribution in [0.2, 0.25) is 18.1 Å². The fourth-order valence-corrected chi connectivity index (χ4v) is 6.69. The smallest absolute Gasteiger partial charge is 0.261 e. The molecule has 0 aliphatic carbocycles. The maximum Gasteiger partial charge on any atom is 0.261 e. The first-order chi connectivity index (χ1) is 14.0. The number of carbonyl (C=O) groups is 2. The Labute approximate surface area is 173 Å². The first kappa shape index (κ1) is 21.3. The average molecular weight is 412 g/mol. The number of imide groups is 1. The van der Waals surface area contributed by atoms with Gasteiger partial charge in [-0.15, -0.1) is 0 Å². The van der Waals surface area contributed by atoms with Crippen LogP contribution in [-0.2, 0) is 9.22 Å². The molecule has 2 amide bonds. The highest BCUT2D eigenvalue weighted by atomic mass is 28.4. The minimum atomic E-state index is -2.00. The van der Waals surface area contributed by atoms with Gasteiger partial charge in [0.1, 0.15) is 5.75 Å². The second-order valence-corrected chi connectivity index (χ2v) is 12.1. The summed E-state index contributed by atoms with van der Waals surface area (Å²) in [5.41, 5.74) is 1.38. The van der Waals surface area contributed by atoms with Gasteiger partial charge in [-0.3, -0.25) is 14.5 Å². The van der Waals surface area contributed by atoms with E-state index in [9.17, 15) is 9.59 Å². The molecule has 0 spiro atoms. The fraction of sp³-hybridized carbons (Fsp3) is 0.391. The van der Waals surface area contributed by atoms with Crippen LogP contribution >= 0.6 is 0 Å². The molecular formula is C23H29NO4Si. The van der Waals surface area contributed by atoms with Crippen molar-refractivity contribution in [2.75, 3.05) is 7.11 Å². The number of benzene rings is 2. The summed E-state index contributed by atoms with van der Waals surface area (Å²) in [6.45, 7) is 6.42. The Hall–Kier alpha value is -2.44. The monoisotopic (exact) mass is 411 g/mol. The standard InChI is InChI=1S/C23H29NO4Si/c1-5-29(6-2,7-3)28-21-20(17-11-9-8-10-12-17)24(23(21)26)22(25)18-13-15-19(27-4)16-14-18/h8-16,20-21H,5-7H2,1-4H3. The summed E-state index contributed by atoms with van der Waals surface area (Å²) < 4.78 is 11.7. The van der Waals surface area contributed by atoms with Crippen LogP contribution in [0.5, 0.6) is 5.75 Å². The third kappa shape index (κ3) is 4.00. The molecule has 3 rings (SSSR count). The van der Waals surface area contributed by atoms with E-state index in [0.29, 0.717) is 11.3 Å². The summed E-state index contributed by atoms with van der Waals surface area (Å²) in [6, 6.07) is 19.0. The Bertz CT molecular complexity index is 841. The van der Waals surface area contributed by atoms with Crippen molar-refractivity contribution in [1.29, 1.82) is 0 Å². The van der Waals surface area contributed by atoms with E-state index in [4.69, 9.17) is 9.16 Å². The van der Waals surface area contributed by atoms with Gasteiger partial charge < -0.3 is 9.16 Å². The lowest BCUT2D eigenvalue weighted by molar-refractivity contribution is -0.158. The molecule has 0 saturated carbocycles. The maximum atomic E-state index is 13.2. The average Bonchev–Trinajstić information content (AvgIpc) is 2.78. The number of methoxy groups -OCH3 is 1. The molecule has 5 nitrogen and oxygen atoms in total. The molecule has 2 aromatic rings. The highest BCUT2D eigenvalue weighted by Gasteiger charge is 2.54. The van der Waals surface area contributed by atoms with E-state index in [1.165, 1.54) is 4.90 Å². The van der Waals surface area contributed by atoms with Crippen molar-refractivity contribution in [2.45, 2.75) is 51.0 Å². The lowest BCUT2D eigenvalue weighted by Crippen LogP contribution is -2.64. The van der Waals surface area contributed by atoms with Gasteiger partial charge >= 0.3 is 0 Å². The zero-order valence-electron chi connectivity index (χ0n) is 17.6. The first-order valence-corrected chi connectivity index (χ1v) is 12.8. The van der Waals surface area contributed by atoms with Gasteiger partial charge in [0, 0.05) is 5.56 Å². The number of nitrogens with zero attached hydrogens (tertiary/aromatic N) is 1. The molecule has 2 unspecified atom stereocenters. The quantitative estimate of drug-likeness (QED) is 0.355. The van der Waals surface area contributed by atoms with E-state index in [0.717, 1.165) is 23.7 Å². The molecule has 2 atom stereocenters. The summed E-state index contributed by atoms with van der Waals surface area (Å²) in [6.07, 6.45) is -0.592. The number of hydrogen-bond acceptors (Lipinski definition) is 4. The minimum absolute atomic E-state index is 0.244. The summed E-state index contributed by atoms with van der Waals surface area (Å²) in [7, 11) is -0.420. The molecule has 1 aliphatic heterocycles. The zero-order chi connectivity index (χ0) is 21.0. The molecular weight excluding hydrogens is 382 g/mol. The number of likely N-dealkylation sites (tertiary alicyclic amines) is 1. The third-order valence-electron chi connectivity index (χ3n) is 6.05. The molecule has 0 N–H and O–H groups in total. The van der Waals surface area contributed by atoms with E-state index < -0.39 is 20.5 Å². The molecule has 29 heavy (non-hydrogen) atoms. The Kier molecular flexibility index (Phi) is 6.55. The van der Waals surface area contributed by atoms with Crippen molar-refractivity contribution < 1.29 is 18.8 Å². The Morgan fingerprint density at radius 3 is 2.07 bits per heavy atom. The SMILES string of the molecule is CC[Si](CC)(CC)OC1C(=O)N(C(=O)c2ccc(OC)cc2)C1c1ccccc1. The van der Waals surface area contributed by atoms with Gasteiger partial charge in [0.25, 0.3) is 11.8 Å². The van der Waals surface area contributed by atoms with Gasteiger partial charge in [-0.2, -0.15) is 0 Å². The highest BCUT2D eigenvalue weighted by Crippen LogP contribution is 2.41. The summed E-state index contributed by atoms with van der Waals surface area (Å²) in [5, 5.41) is 0. The molecule has 154 valence electrons. The number of ether oxygens (including phenoxy) is 1. The summed E-state index contributed by atoms with van der Waals surface area (Å²) >= 11 is 0. The molecule has 1 saturated heterocycles. The van der Waals surface area contributed by atoms with Crippen LogP contribution in [0.25, 0.3) is 0 Å². The predicted octanol–water partition coefficient (Wildman–Crippen LogP) is 4.81. The first-order valence-electron chi connectivity index (χ1n) is 10.2. The summed E-state index contributed by atoms with van der Waals surface area (Å²) in [4.78, 5) is 27.6. The normalized spacial score (nSPS) is 19.0. The zero-order valence-corrected chi connectivity index (χ0v) is 18.6. The van der Waals surface area contributed by atoms with Gasteiger partial charge in [-0.1, -0.05) is 51.1 Å². The largest absolute Gasteiger partial charge is 0.497 e. The van der Waals surface area contributed by atoms with Crippen molar-refractivity contribution in [3.8, 4) is 5.75 Å². The van der Waals surface area contributed by atoms with E-state index >= 15 is 0 Å². The number of hydrogen-bond donors (Lipinski definition) is 0. The van der Waals surface area contributed by atoms with E-state index in [-0.39, 0.29) is 11.8 Å². The lowest BCUT2D eigenvalue weighted by atomic mass is 9.90. The van der Waals surface area contributed by atoms with E-state index in [2.05, 4.69) is 20.8 Å². The molecule has 1 heterocycles. The van der Waals surface area contributed by atoms with E-state index in [1.54, 1.807) is 31.4 Å². The van der Waals surface area contributed by atoms with Crippen LogP contribution in [0.15, 0.2) is 54.6 Å². The number of carbonyl (C=O) groups excluding carboxylic acids is 2. The van der Waals surface area contributed by atoms with Crippen molar-refractivity contribution >= 4 is 20.1 Å². The molecule has 1 aliphatic rings. The van der Waals surface area contributed by atoms with Crippen molar-refractivity contribution in [2.24, 2.45) is 0 Å². The number of β-lactam (4-membered cyclic amide) rings is 1. The van der Waals surface area contributed by atoms with Crippen molar-refractivity contribution in [3.05, 3.63) is 65.7 Å². The van der Waals surface area contributed by atoms with Gasteiger partial charge in [0.15, 0.2) is 14.4 Å². The lowest BCUT2D eigenvalue weighted by Gasteiger charge is -2.48. The van der Waals surface area contributed by atoms with Gasteiger partial charge in [-0.05, 0) is 48.0 Å². The predicted molar refractivity (Wildman–Crippen MR) is 115 cm³/mol. The second-order valence-electron chi connectivity index (χ2n) is 7.38. The summed E-state index contributed by atoms with van der Waals surface area (Å²) in [5.74, 6) is 0.122. The van der Waals surface area contributed by atoms with Crippen LogP contribution in [0, 0.1) is 0 Å². The van der Waals surface area contributed by atoms with Gasteiger partial charge in [0.2, 0.25) is 0 Å². The van der Waals surface area contributed by atoms with Crippen LogP contribution in [0.3, 0.4) is 0 Å². The third-order valence-corrected chi connectivity index (χ3v) is 10.7. The minimum Gasteiger partial charge on any atom is -0.497 e. The van der Waals surface area contributed by atoms with Crippen LogP contribution in [0.4, 0.5) is 0 Å². The van der Waals surface area contributed by atoms with Crippen LogP contribution in [-0.4, -0.2) is 38.2 Å². The molecule has 0 aromatic heterocycles. The van der Waals surface area contributed by atoms with Gasteiger partial charge in [-0.25, -0.2) is 0 Å². The Morgan fingerprint density at radius 1 is 0.966 bits per heavy atom. The Morgan fingerprint density at radius 2 is 1.55 bits per heavy atom. The van der Waals surface area contributed by atoms with Crippen LogP contribution < -0.4 is 4.74 Å². The van der Waals surface area contributed by atoms with E-state index in [1.807, 2.05) is 30.3 Å². The maximum absolute atomic E-state index is 13.2. The molecule has 0 radical (unpaired) electrons. The van der Waals surface area contributed by atoms with Crippen molar-refractivity contribution in [3.63, 3.8) is 0 Å². The fourth-order valence-electron chi connectivity index (χ4n) is 3.92. The van der Waals surface area contributed by atoms with Crippen LogP contribution in [0.1, 0.15) is 42.7 Å². The Balaban J connectivity index is 1.92. The number of rotatable bonds is 8. The molecule has 1 fully saturated rings. The van der Waals surface area contributed by atoms with Gasteiger partial charge in [0.05, 0.1) is 13.2 Å². The molecule has 0 bridgehead atoms. The highest BCUT2D eigenvalue weighted by molar-refractivity contribution is 6.73. The topological polar surface area (TPSA) is 55.8 Å². The number of amides is 2.